The van der Waals surface area contributed by atoms with Gasteiger partial charge >= 0.3 is 0 Å². The molecule has 6 heteroatoms. The third-order valence-electron chi connectivity index (χ3n) is 3.96. The van der Waals surface area contributed by atoms with Gasteiger partial charge < -0.3 is 15.8 Å². The number of aryl methyl sites for hydroxylation is 1. The number of carbonyl (C=O) groups is 1. The molecule has 0 atom stereocenters. The van der Waals surface area contributed by atoms with E-state index in [9.17, 15) is 9.90 Å². The van der Waals surface area contributed by atoms with Crippen LogP contribution in [0.2, 0.25) is 5.02 Å². The molecule has 2 aromatic heterocycles. The molecule has 24 heavy (non-hydrogen) atoms. The van der Waals surface area contributed by atoms with Gasteiger partial charge in [-0.05, 0) is 43.2 Å². The number of rotatable bonds is 4. The minimum atomic E-state index is -0.0156. The van der Waals surface area contributed by atoms with Crippen molar-refractivity contribution in [1.82, 2.24) is 9.97 Å². The highest BCUT2D eigenvalue weighted by atomic mass is 35.5. The van der Waals surface area contributed by atoms with Gasteiger partial charge in [-0.2, -0.15) is 0 Å². The maximum atomic E-state index is 11.4. The van der Waals surface area contributed by atoms with E-state index in [1.807, 2.05) is 13.0 Å². The van der Waals surface area contributed by atoms with Crippen molar-refractivity contribution in [2.75, 3.05) is 5.73 Å². The highest BCUT2D eigenvalue weighted by Crippen LogP contribution is 2.40. The summed E-state index contributed by atoms with van der Waals surface area (Å²) in [6, 6.07) is 6.99. The SMILES string of the molecule is CCc1c(-c2cc(CC(C)=O)cc(Cl)c2O)[nH]c2ccc(N)nc12. The normalized spacial score (nSPS) is 11.1. The summed E-state index contributed by atoms with van der Waals surface area (Å²) in [5.41, 5.74) is 10.4. The van der Waals surface area contributed by atoms with Gasteiger partial charge in [0.2, 0.25) is 0 Å². The van der Waals surface area contributed by atoms with Gasteiger partial charge in [-0.1, -0.05) is 18.5 Å². The number of hydrogen-bond donors (Lipinski definition) is 3. The molecule has 0 radical (unpaired) electrons. The molecule has 0 aliphatic heterocycles. The van der Waals surface area contributed by atoms with Gasteiger partial charge in [0, 0.05) is 17.5 Å². The second kappa shape index (κ2) is 6.17. The Kier molecular flexibility index (Phi) is 4.20. The van der Waals surface area contributed by atoms with E-state index in [1.165, 1.54) is 6.92 Å². The Bertz CT molecular complexity index is 947. The zero-order chi connectivity index (χ0) is 17.4. The maximum absolute atomic E-state index is 11.4. The van der Waals surface area contributed by atoms with Crippen LogP contribution in [0.1, 0.15) is 25.0 Å². The average Bonchev–Trinajstić information content (AvgIpc) is 2.87. The number of aromatic hydroxyl groups is 1. The molecule has 0 saturated heterocycles. The number of nitrogens with zero attached hydrogens (tertiary/aromatic N) is 1. The standard InChI is InChI=1S/C18H18ClN3O2/c1-3-11-16(21-14-4-5-15(20)22-17(11)14)12-7-10(6-9(2)23)8-13(19)18(12)24/h4-5,7-8,21,24H,3,6H2,1-2H3,(H2,20,22). The largest absolute Gasteiger partial charge is 0.506 e. The first-order valence-electron chi connectivity index (χ1n) is 7.69. The molecular weight excluding hydrogens is 326 g/mol. The van der Waals surface area contributed by atoms with Crippen molar-refractivity contribution in [2.45, 2.75) is 26.7 Å². The van der Waals surface area contributed by atoms with Gasteiger partial charge in [0.15, 0.2) is 0 Å². The van der Waals surface area contributed by atoms with Crippen LogP contribution in [0.3, 0.4) is 0 Å². The molecule has 3 aromatic rings. The van der Waals surface area contributed by atoms with Gasteiger partial charge in [0.1, 0.15) is 17.4 Å². The van der Waals surface area contributed by atoms with E-state index in [0.717, 1.165) is 27.9 Å². The lowest BCUT2D eigenvalue weighted by molar-refractivity contribution is -0.116. The van der Waals surface area contributed by atoms with Crippen molar-refractivity contribution >= 4 is 34.2 Å². The maximum Gasteiger partial charge on any atom is 0.143 e. The van der Waals surface area contributed by atoms with Crippen molar-refractivity contribution in [3.8, 4) is 17.0 Å². The summed E-state index contributed by atoms with van der Waals surface area (Å²) in [5.74, 6) is 0.457. The van der Waals surface area contributed by atoms with Gasteiger partial charge in [0.05, 0.1) is 21.7 Å². The lowest BCUT2D eigenvalue weighted by Crippen LogP contribution is -1.97. The number of anilines is 1. The van der Waals surface area contributed by atoms with Crippen LogP contribution in [0.4, 0.5) is 5.82 Å². The summed E-state index contributed by atoms with van der Waals surface area (Å²) in [5, 5.41) is 10.6. The van der Waals surface area contributed by atoms with E-state index >= 15 is 0 Å². The number of aromatic nitrogens is 2. The fourth-order valence-electron chi connectivity index (χ4n) is 2.94. The summed E-state index contributed by atoms with van der Waals surface area (Å²) < 4.78 is 0. The number of hydrogen-bond acceptors (Lipinski definition) is 4. The molecule has 0 aliphatic rings. The lowest BCUT2D eigenvalue weighted by atomic mass is 10.00. The molecule has 0 fully saturated rings. The van der Waals surface area contributed by atoms with E-state index in [4.69, 9.17) is 17.3 Å². The first-order valence-corrected chi connectivity index (χ1v) is 8.06. The first kappa shape index (κ1) is 16.3. The van der Waals surface area contributed by atoms with E-state index < -0.39 is 0 Å². The molecular formula is C18H18ClN3O2. The van der Waals surface area contributed by atoms with Crippen LogP contribution in [0, 0.1) is 0 Å². The molecule has 5 nitrogen and oxygen atoms in total. The van der Waals surface area contributed by atoms with Gasteiger partial charge in [-0.3, -0.25) is 4.79 Å². The summed E-state index contributed by atoms with van der Waals surface area (Å²) in [6.45, 7) is 3.53. The number of aromatic amines is 1. The van der Waals surface area contributed by atoms with Crippen LogP contribution in [0.5, 0.6) is 5.75 Å². The first-order chi connectivity index (χ1) is 11.4. The number of carbonyl (C=O) groups excluding carboxylic acids is 1. The van der Waals surface area contributed by atoms with Crippen LogP contribution in [-0.2, 0) is 17.6 Å². The van der Waals surface area contributed by atoms with E-state index in [-0.39, 0.29) is 23.0 Å². The van der Waals surface area contributed by atoms with Gasteiger partial charge in [-0.15, -0.1) is 0 Å². The Labute approximate surface area is 144 Å². The number of pyridine rings is 1. The Hall–Kier alpha value is -2.53. The number of nitrogens with two attached hydrogens (primary N) is 1. The summed E-state index contributed by atoms with van der Waals surface area (Å²) in [6.07, 6.45) is 0.972. The third-order valence-corrected chi connectivity index (χ3v) is 4.25. The minimum absolute atomic E-state index is 0.0156. The van der Waals surface area contributed by atoms with Crippen molar-refractivity contribution in [2.24, 2.45) is 0 Å². The summed E-state index contributed by atoms with van der Waals surface area (Å²) in [4.78, 5) is 19.1. The van der Waals surface area contributed by atoms with Gasteiger partial charge in [-0.25, -0.2) is 4.98 Å². The second-order valence-electron chi connectivity index (χ2n) is 5.82. The molecule has 0 spiro atoms. The number of phenols is 1. The number of nitrogens with one attached hydrogen (secondary N) is 1. The van der Waals surface area contributed by atoms with E-state index in [1.54, 1.807) is 18.2 Å². The quantitative estimate of drug-likeness (QED) is 0.670. The zero-order valence-electron chi connectivity index (χ0n) is 13.5. The van der Waals surface area contributed by atoms with Crippen molar-refractivity contribution in [1.29, 1.82) is 0 Å². The van der Waals surface area contributed by atoms with Crippen LogP contribution in [0.15, 0.2) is 24.3 Å². The topological polar surface area (TPSA) is 92.0 Å². The van der Waals surface area contributed by atoms with Crippen molar-refractivity contribution in [3.63, 3.8) is 0 Å². The van der Waals surface area contributed by atoms with Crippen molar-refractivity contribution < 1.29 is 9.90 Å². The van der Waals surface area contributed by atoms with Crippen LogP contribution >= 0.6 is 11.6 Å². The minimum Gasteiger partial charge on any atom is -0.506 e. The van der Waals surface area contributed by atoms with Crippen molar-refractivity contribution in [3.05, 3.63) is 40.4 Å². The number of phenolic OH excluding ortho intramolecular Hbond substituents is 1. The van der Waals surface area contributed by atoms with Crippen LogP contribution < -0.4 is 5.73 Å². The Morgan fingerprint density at radius 2 is 2.12 bits per heavy atom. The summed E-state index contributed by atoms with van der Waals surface area (Å²) in [7, 11) is 0. The van der Waals surface area contributed by atoms with E-state index in [2.05, 4.69) is 9.97 Å². The number of H-pyrrole nitrogens is 1. The lowest BCUT2D eigenvalue weighted by Gasteiger charge is -2.10. The van der Waals surface area contributed by atoms with Gasteiger partial charge in [0.25, 0.3) is 0 Å². The van der Waals surface area contributed by atoms with Crippen LogP contribution in [0.25, 0.3) is 22.3 Å². The molecule has 3 rings (SSSR count). The molecule has 0 saturated carbocycles. The highest BCUT2D eigenvalue weighted by Gasteiger charge is 2.18. The number of fused-ring (bicyclic) bond motifs is 1. The molecule has 0 amide bonds. The monoisotopic (exact) mass is 343 g/mol. The highest BCUT2D eigenvalue weighted by molar-refractivity contribution is 6.32. The summed E-state index contributed by atoms with van der Waals surface area (Å²) >= 11 is 6.16. The fraction of sp³-hybridized carbons (Fsp3) is 0.222. The molecule has 124 valence electrons. The predicted octanol–water partition coefficient (Wildman–Crippen LogP) is 3.87. The number of halogens is 1. The molecule has 0 aliphatic carbocycles. The molecule has 0 bridgehead atoms. The molecule has 1 aromatic carbocycles. The number of benzene rings is 1. The Balaban J connectivity index is 2.26. The van der Waals surface area contributed by atoms with E-state index in [0.29, 0.717) is 17.8 Å². The number of nitrogen functional groups attached to an aromatic ring is 1. The fourth-order valence-corrected chi connectivity index (χ4v) is 3.19. The average molecular weight is 344 g/mol. The number of Topliss-reactive ketones (excluding diaryl/α,β-unsaturated/α-hetero) is 1. The smallest absolute Gasteiger partial charge is 0.143 e. The van der Waals surface area contributed by atoms with Crippen LogP contribution in [-0.4, -0.2) is 20.9 Å². The zero-order valence-corrected chi connectivity index (χ0v) is 14.2. The number of ketones is 1. The molecule has 2 heterocycles. The second-order valence-corrected chi connectivity index (χ2v) is 6.22. The molecule has 0 unspecified atom stereocenters. The third kappa shape index (κ3) is 2.83. The Morgan fingerprint density at radius 1 is 1.38 bits per heavy atom. The Morgan fingerprint density at radius 3 is 2.79 bits per heavy atom. The molecule has 4 N–H and O–H groups in total. The predicted molar refractivity (Wildman–Crippen MR) is 96.4 cm³/mol.